The van der Waals surface area contributed by atoms with Gasteiger partial charge in [0.05, 0.1) is 7.11 Å². The zero-order chi connectivity index (χ0) is 9.35. The van der Waals surface area contributed by atoms with E-state index >= 15 is 0 Å². The minimum Gasteiger partial charge on any atom is -0.494 e. The van der Waals surface area contributed by atoms with Crippen LogP contribution in [0.15, 0.2) is 24.0 Å². The molecule has 4 nitrogen and oxygen atoms in total. The lowest BCUT2D eigenvalue weighted by Gasteiger charge is -2.23. The Kier molecular flexibility index (Phi) is 1.94. The summed E-state index contributed by atoms with van der Waals surface area (Å²) in [6, 6.07) is 0. The van der Waals surface area contributed by atoms with Crippen LogP contribution >= 0.6 is 0 Å². The molecule has 0 fully saturated rings. The summed E-state index contributed by atoms with van der Waals surface area (Å²) in [4.78, 5) is 10.7. The van der Waals surface area contributed by atoms with E-state index in [0.29, 0.717) is 5.57 Å². The van der Waals surface area contributed by atoms with Crippen molar-refractivity contribution in [3.63, 3.8) is 0 Å². The Balaban J connectivity index is 2.95. The molecule has 0 spiro atoms. The minimum absolute atomic E-state index is 0.00194. The van der Waals surface area contributed by atoms with Crippen LogP contribution in [0.2, 0.25) is 0 Å². The minimum atomic E-state index is -1.77. The Morgan fingerprint density at radius 3 is 2.75 bits per heavy atom. The van der Waals surface area contributed by atoms with Crippen LogP contribution in [0.4, 0.5) is 0 Å². The number of methoxy groups -OCH3 is 1. The maximum absolute atomic E-state index is 10.7. The largest absolute Gasteiger partial charge is 0.494 e. The van der Waals surface area contributed by atoms with Crippen LogP contribution in [-0.4, -0.2) is 24.0 Å². The van der Waals surface area contributed by atoms with Crippen molar-refractivity contribution in [2.75, 3.05) is 7.11 Å². The SMILES string of the molecule is C=C(OC)[C@]1(O)OC(=O)C=C1C. The highest BCUT2D eigenvalue weighted by atomic mass is 16.7. The second-order valence-electron chi connectivity index (χ2n) is 2.52. The molecule has 1 aliphatic rings. The van der Waals surface area contributed by atoms with Crippen LogP contribution in [0, 0.1) is 0 Å². The highest BCUT2D eigenvalue weighted by Gasteiger charge is 2.42. The van der Waals surface area contributed by atoms with E-state index in [4.69, 9.17) is 4.74 Å². The molecule has 0 radical (unpaired) electrons. The van der Waals surface area contributed by atoms with Crippen LogP contribution in [-0.2, 0) is 14.3 Å². The number of esters is 1. The second-order valence-corrected chi connectivity index (χ2v) is 2.52. The molecule has 0 aromatic heterocycles. The molecule has 1 heterocycles. The van der Waals surface area contributed by atoms with Crippen LogP contribution in [0.3, 0.4) is 0 Å². The summed E-state index contributed by atoms with van der Waals surface area (Å²) in [7, 11) is 1.35. The summed E-state index contributed by atoms with van der Waals surface area (Å²) < 4.78 is 9.31. The number of hydrogen-bond donors (Lipinski definition) is 1. The molecule has 1 N–H and O–H groups in total. The quantitative estimate of drug-likeness (QED) is 0.479. The Hall–Kier alpha value is -1.29. The third-order valence-electron chi connectivity index (χ3n) is 1.74. The van der Waals surface area contributed by atoms with Gasteiger partial charge in [-0.1, -0.05) is 6.58 Å². The standard InChI is InChI=1S/C8H10O4/c1-5-4-7(9)12-8(5,10)6(2)11-3/h4,10H,2H2,1,3H3/t8-/m1/s1. The lowest BCUT2D eigenvalue weighted by Crippen LogP contribution is -2.33. The molecule has 0 aromatic rings. The maximum atomic E-state index is 10.7. The molecule has 0 saturated carbocycles. The van der Waals surface area contributed by atoms with E-state index in [1.54, 1.807) is 6.92 Å². The molecule has 66 valence electrons. The van der Waals surface area contributed by atoms with Crippen LogP contribution in [0.5, 0.6) is 0 Å². The predicted molar refractivity (Wildman–Crippen MR) is 40.9 cm³/mol. The van der Waals surface area contributed by atoms with E-state index in [-0.39, 0.29) is 5.76 Å². The van der Waals surface area contributed by atoms with Gasteiger partial charge in [-0.15, -0.1) is 0 Å². The van der Waals surface area contributed by atoms with Crippen molar-refractivity contribution < 1.29 is 19.4 Å². The molecule has 12 heavy (non-hydrogen) atoms. The predicted octanol–water partition coefficient (Wildman–Crippen LogP) is 0.338. The zero-order valence-electron chi connectivity index (χ0n) is 6.96. The molecular weight excluding hydrogens is 160 g/mol. The first-order valence-electron chi connectivity index (χ1n) is 3.38. The number of rotatable bonds is 2. The topological polar surface area (TPSA) is 55.8 Å². The van der Waals surface area contributed by atoms with Gasteiger partial charge in [0.15, 0.2) is 5.76 Å². The molecule has 0 saturated heterocycles. The maximum Gasteiger partial charge on any atom is 0.334 e. The summed E-state index contributed by atoms with van der Waals surface area (Å²) in [5.41, 5.74) is 0.374. The Morgan fingerprint density at radius 2 is 2.42 bits per heavy atom. The highest BCUT2D eigenvalue weighted by Crippen LogP contribution is 2.31. The van der Waals surface area contributed by atoms with Crippen molar-refractivity contribution in [1.82, 2.24) is 0 Å². The van der Waals surface area contributed by atoms with Gasteiger partial charge in [-0.3, -0.25) is 0 Å². The highest BCUT2D eigenvalue weighted by molar-refractivity contribution is 5.86. The van der Waals surface area contributed by atoms with Crippen molar-refractivity contribution in [2.45, 2.75) is 12.7 Å². The molecule has 0 bridgehead atoms. The molecule has 0 aromatic carbocycles. The Morgan fingerprint density at radius 1 is 1.83 bits per heavy atom. The van der Waals surface area contributed by atoms with Crippen molar-refractivity contribution in [1.29, 1.82) is 0 Å². The van der Waals surface area contributed by atoms with E-state index in [0.717, 1.165) is 0 Å². The van der Waals surface area contributed by atoms with Crippen molar-refractivity contribution in [2.24, 2.45) is 0 Å². The third-order valence-corrected chi connectivity index (χ3v) is 1.74. The van der Waals surface area contributed by atoms with Gasteiger partial charge in [-0.2, -0.15) is 0 Å². The monoisotopic (exact) mass is 170 g/mol. The molecule has 0 aliphatic carbocycles. The summed E-state index contributed by atoms with van der Waals surface area (Å²) in [5.74, 6) is -2.36. The summed E-state index contributed by atoms with van der Waals surface area (Å²) in [6.45, 7) is 4.99. The van der Waals surface area contributed by atoms with E-state index in [1.165, 1.54) is 13.2 Å². The smallest absolute Gasteiger partial charge is 0.334 e. The zero-order valence-corrected chi connectivity index (χ0v) is 6.96. The molecule has 1 rings (SSSR count). The van der Waals surface area contributed by atoms with Crippen molar-refractivity contribution in [3.05, 3.63) is 24.0 Å². The summed E-state index contributed by atoms with van der Waals surface area (Å²) >= 11 is 0. The normalized spacial score (nSPS) is 27.9. The summed E-state index contributed by atoms with van der Waals surface area (Å²) in [5, 5.41) is 9.66. The van der Waals surface area contributed by atoms with E-state index < -0.39 is 11.8 Å². The first-order chi connectivity index (χ1) is 5.50. The fourth-order valence-electron chi connectivity index (χ4n) is 0.945. The van der Waals surface area contributed by atoms with E-state index in [9.17, 15) is 9.90 Å². The molecule has 4 heteroatoms. The number of aliphatic hydroxyl groups is 1. The van der Waals surface area contributed by atoms with Gasteiger partial charge in [0, 0.05) is 11.6 Å². The van der Waals surface area contributed by atoms with Crippen LogP contribution < -0.4 is 0 Å². The average molecular weight is 170 g/mol. The molecule has 0 amide bonds. The summed E-state index contributed by atoms with van der Waals surface area (Å²) in [6.07, 6.45) is 1.20. The average Bonchev–Trinajstić information content (AvgIpc) is 2.26. The number of hydrogen-bond acceptors (Lipinski definition) is 4. The van der Waals surface area contributed by atoms with Gasteiger partial charge in [-0.05, 0) is 6.92 Å². The van der Waals surface area contributed by atoms with Gasteiger partial charge in [0.1, 0.15) is 0 Å². The van der Waals surface area contributed by atoms with Crippen molar-refractivity contribution in [3.8, 4) is 0 Å². The number of cyclic esters (lactones) is 1. The first kappa shape index (κ1) is 8.80. The Labute approximate surface area is 70.1 Å². The van der Waals surface area contributed by atoms with Gasteiger partial charge < -0.3 is 14.6 Å². The second kappa shape index (κ2) is 2.64. The van der Waals surface area contributed by atoms with E-state index in [1.807, 2.05) is 0 Å². The molecule has 1 atom stereocenters. The number of ether oxygens (including phenoxy) is 2. The van der Waals surface area contributed by atoms with Gasteiger partial charge in [-0.25, -0.2) is 4.79 Å². The van der Waals surface area contributed by atoms with Gasteiger partial charge in [0.25, 0.3) is 5.79 Å². The molecular formula is C8H10O4. The van der Waals surface area contributed by atoms with Crippen molar-refractivity contribution >= 4 is 5.97 Å². The van der Waals surface area contributed by atoms with Gasteiger partial charge in [0.2, 0.25) is 0 Å². The van der Waals surface area contributed by atoms with Crippen LogP contribution in [0.1, 0.15) is 6.92 Å². The molecule has 1 aliphatic heterocycles. The fraction of sp³-hybridized carbons (Fsp3) is 0.375. The van der Waals surface area contributed by atoms with Crippen LogP contribution in [0.25, 0.3) is 0 Å². The lowest BCUT2D eigenvalue weighted by molar-refractivity contribution is -0.178. The Bertz CT molecular complexity index is 266. The van der Waals surface area contributed by atoms with E-state index in [2.05, 4.69) is 11.3 Å². The number of carbonyl (C=O) groups is 1. The molecule has 0 unspecified atom stereocenters. The fourth-order valence-corrected chi connectivity index (χ4v) is 0.945. The van der Waals surface area contributed by atoms with Gasteiger partial charge >= 0.3 is 5.97 Å². The number of carbonyl (C=O) groups excluding carboxylic acids is 1. The first-order valence-corrected chi connectivity index (χ1v) is 3.38. The third kappa shape index (κ3) is 1.10. The lowest BCUT2D eigenvalue weighted by atomic mass is 10.1.